The molecule has 0 fully saturated rings. The Bertz CT molecular complexity index is 1500. The molecule has 0 radical (unpaired) electrons. The van der Waals surface area contributed by atoms with Crippen LogP contribution in [0.5, 0.6) is 11.5 Å². The molecule has 188 valence electrons. The Kier molecular flexibility index (Phi) is 7.70. The van der Waals surface area contributed by atoms with E-state index in [9.17, 15) is 13.2 Å². The topological polar surface area (TPSA) is 120 Å². The third kappa shape index (κ3) is 5.92. The largest absolute Gasteiger partial charge is 0.496 e. The number of sulfonamides is 1. The lowest BCUT2D eigenvalue weighted by Crippen LogP contribution is -2.28. The SMILES string of the molecule is CCOc1cc(-c2cc(NCCc3c(OC)ccc4ccccc34)ncn2)sc1C(=O)NS(C)(=O)=O. The summed E-state index contributed by atoms with van der Waals surface area (Å²) in [5.74, 6) is 1.01. The molecule has 36 heavy (non-hydrogen) atoms. The lowest BCUT2D eigenvalue weighted by Gasteiger charge is -2.13. The van der Waals surface area contributed by atoms with Gasteiger partial charge in [-0.1, -0.05) is 30.3 Å². The van der Waals surface area contributed by atoms with Crippen LogP contribution in [0.15, 0.2) is 54.9 Å². The molecule has 4 rings (SSSR count). The molecule has 0 saturated carbocycles. The fourth-order valence-corrected chi connectivity index (χ4v) is 5.27. The van der Waals surface area contributed by atoms with E-state index in [4.69, 9.17) is 9.47 Å². The number of amides is 1. The molecule has 0 unspecified atom stereocenters. The molecule has 0 aliphatic carbocycles. The number of carbonyl (C=O) groups is 1. The lowest BCUT2D eigenvalue weighted by atomic mass is 10.0. The van der Waals surface area contributed by atoms with Gasteiger partial charge < -0.3 is 14.8 Å². The number of hydrogen-bond acceptors (Lipinski definition) is 9. The summed E-state index contributed by atoms with van der Waals surface area (Å²) in [6, 6.07) is 15.7. The summed E-state index contributed by atoms with van der Waals surface area (Å²) < 4.78 is 36.2. The van der Waals surface area contributed by atoms with Crippen LogP contribution in [0.1, 0.15) is 22.2 Å². The molecule has 4 aromatic rings. The highest BCUT2D eigenvalue weighted by Gasteiger charge is 2.21. The zero-order chi connectivity index (χ0) is 25.7. The quantitative estimate of drug-likeness (QED) is 0.317. The molecule has 2 N–H and O–H groups in total. The van der Waals surface area contributed by atoms with Gasteiger partial charge in [0.2, 0.25) is 10.0 Å². The number of nitrogens with one attached hydrogen (secondary N) is 2. The predicted octanol–water partition coefficient (Wildman–Crippen LogP) is 4.11. The minimum absolute atomic E-state index is 0.161. The Morgan fingerprint density at radius 1 is 1.08 bits per heavy atom. The Morgan fingerprint density at radius 3 is 2.64 bits per heavy atom. The molecule has 0 atom stereocenters. The van der Waals surface area contributed by atoms with Crippen molar-refractivity contribution in [2.45, 2.75) is 13.3 Å². The highest BCUT2D eigenvalue weighted by molar-refractivity contribution is 7.89. The number of carbonyl (C=O) groups excluding carboxylic acids is 1. The molecule has 1 amide bonds. The molecule has 0 saturated heterocycles. The lowest BCUT2D eigenvalue weighted by molar-refractivity contribution is 0.0982. The highest BCUT2D eigenvalue weighted by Crippen LogP contribution is 2.36. The zero-order valence-electron chi connectivity index (χ0n) is 20.1. The van der Waals surface area contributed by atoms with Gasteiger partial charge in [0.05, 0.1) is 30.5 Å². The highest BCUT2D eigenvalue weighted by atomic mass is 32.2. The van der Waals surface area contributed by atoms with Crippen LogP contribution >= 0.6 is 11.3 Å². The van der Waals surface area contributed by atoms with E-state index in [1.807, 2.05) is 29.0 Å². The van der Waals surface area contributed by atoms with Crippen LogP contribution in [0.2, 0.25) is 0 Å². The molecule has 0 aliphatic heterocycles. The van der Waals surface area contributed by atoms with Gasteiger partial charge in [0.25, 0.3) is 5.91 Å². The van der Waals surface area contributed by atoms with Gasteiger partial charge in [0.1, 0.15) is 28.5 Å². The maximum absolute atomic E-state index is 12.5. The van der Waals surface area contributed by atoms with Crippen LogP contribution in [0.4, 0.5) is 5.82 Å². The molecule has 2 heterocycles. The smallest absolute Gasteiger partial charge is 0.278 e. The molecule has 0 aliphatic rings. The molecule has 0 spiro atoms. The summed E-state index contributed by atoms with van der Waals surface area (Å²) in [5.41, 5.74) is 1.69. The van der Waals surface area contributed by atoms with E-state index in [-0.39, 0.29) is 4.88 Å². The number of ether oxygens (including phenoxy) is 2. The van der Waals surface area contributed by atoms with Gasteiger partial charge in [-0.15, -0.1) is 11.3 Å². The van der Waals surface area contributed by atoms with Crippen LogP contribution in [0.3, 0.4) is 0 Å². The Labute approximate surface area is 213 Å². The van der Waals surface area contributed by atoms with Crippen molar-refractivity contribution >= 4 is 43.9 Å². The van der Waals surface area contributed by atoms with Crippen molar-refractivity contribution < 1.29 is 22.7 Å². The van der Waals surface area contributed by atoms with Gasteiger partial charge in [0, 0.05) is 24.2 Å². The first-order valence-electron chi connectivity index (χ1n) is 11.2. The van der Waals surface area contributed by atoms with Crippen molar-refractivity contribution in [2.24, 2.45) is 0 Å². The fourth-order valence-electron chi connectivity index (χ4n) is 3.81. The van der Waals surface area contributed by atoms with Crippen LogP contribution in [0, 0.1) is 0 Å². The molecule has 0 bridgehead atoms. The van der Waals surface area contributed by atoms with Crippen LogP contribution in [-0.2, 0) is 16.4 Å². The zero-order valence-corrected chi connectivity index (χ0v) is 21.7. The monoisotopic (exact) mass is 526 g/mol. The van der Waals surface area contributed by atoms with E-state index in [2.05, 4.69) is 27.4 Å². The number of thiophene rings is 1. The van der Waals surface area contributed by atoms with E-state index in [1.54, 1.807) is 26.2 Å². The second-order valence-corrected chi connectivity index (χ2v) is 10.7. The molecular weight excluding hydrogens is 500 g/mol. The third-order valence-corrected chi connectivity index (χ3v) is 6.99. The number of benzene rings is 2. The fraction of sp³-hybridized carbons (Fsp3) is 0.240. The maximum atomic E-state index is 12.5. The number of hydrogen-bond donors (Lipinski definition) is 2. The molecular formula is C25H26N4O5S2. The number of nitrogens with zero attached hydrogens (tertiary/aromatic N) is 2. The Morgan fingerprint density at radius 2 is 1.89 bits per heavy atom. The van der Waals surface area contributed by atoms with Gasteiger partial charge in [-0.2, -0.15) is 0 Å². The summed E-state index contributed by atoms with van der Waals surface area (Å²) >= 11 is 1.10. The summed E-state index contributed by atoms with van der Waals surface area (Å²) in [6.45, 7) is 2.72. The van der Waals surface area contributed by atoms with Crippen molar-refractivity contribution in [3.05, 3.63) is 65.3 Å². The summed E-state index contributed by atoms with van der Waals surface area (Å²) in [7, 11) is -2.04. The van der Waals surface area contributed by atoms with E-state index >= 15 is 0 Å². The Hall–Kier alpha value is -3.70. The van der Waals surface area contributed by atoms with Crippen molar-refractivity contribution in [3.63, 3.8) is 0 Å². The summed E-state index contributed by atoms with van der Waals surface area (Å²) in [6.07, 6.45) is 3.08. The minimum Gasteiger partial charge on any atom is -0.496 e. The first kappa shape index (κ1) is 25.4. The van der Waals surface area contributed by atoms with Gasteiger partial charge in [0.15, 0.2) is 0 Å². The molecule has 9 nitrogen and oxygen atoms in total. The standard InChI is InChI=1S/C25H26N4O5S2/c1-4-34-21-14-22(35-24(21)25(30)29-36(3,31)32)19-13-23(28-15-27-19)26-12-11-18-17-8-6-5-7-16(17)9-10-20(18)33-2/h5-10,13-15H,4,11-12H2,1-3H3,(H,29,30)(H,26,27,28). The molecule has 2 aromatic carbocycles. The van der Waals surface area contributed by atoms with E-state index in [0.717, 1.165) is 39.7 Å². The number of methoxy groups -OCH3 is 1. The number of aromatic nitrogens is 2. The second kappa shape index (κ2) is 10.9. The average Bonchev–Trinajstić information content (AvgIpc) is 3.28. The number of rotatable bonds is 10. The third-order valence-electron chi connectivity index (χ3n) is 5.30. The van der Waals surface area contributed by atoms with Gasteiger partial charge in [-0.05, 0) is 30.2 Å². The van der Waals surface area contributed by atoms with Crippen LogP contribution < -0.4 is 19.5 Å². The van der Waals surface area contributed by atoms with Gasteiger partial charge >= 0.3 is 0 Å². The average molecular weight is 527 g/mol. The summed E-state index contributed by atoms with van der Waals surface area (Å²) in [4.78, 5) is 21.9. The maximum Gasteiger partial charge on any atom is 0.278 e. The summed E-state index contributed by atoms with van der Waals surface area (Å²) in [5, 5.41) is 5.62. The number of anilines is 1. The second-order valence-electron chi connectivity index (χ2n) is 7.87. The van der Waals surface area contributed by atoms with E-state index in [1.165, 1.54) is 6.33 Å². The first-order valence-corrected chi connectivity index (χ1v) is 13.9. The predicted molar refractivity (Wildman–Crippen MR) is 142 cm³/mol. The van der Waals surface area contributed by atoms with Crippen molar-refractivity contribution in [1.29, 1.82) is 0 Å². The van der Waals surface area contributed by atoms with Gasteiger partial charge in [-0.25, -0.2) is 23.1 Å². The van der Waals surface area contributed by atoms with Crippen LogP contribution in [-0.4, -0.2) is 50.8 Å². The molecule has 2 aromatic heterocycles. The van der Waals surface area contributed by atoms with E-state index < -0.39 is 15.9 Å². The first-order chi connectivity index (χ1) is 17.3. The normalized spacial score (nSPS) is 11.3. The molecule has 11 heteroatoms. The number of fused-ring (bicyclic) bond motifs is 1. The van der Waals surface area contributed by atoms with Crippen molar-refractivity contribution in [3.8, 4) is 22.1 Å². The van der Waals surface area contributed by atoms with E-state index in [0.29, 0.717) is 41.7 Å². The van der Waals surface area contributed by atoms with Crippen LogP contribution in [0.25, 0.3) is 21.3 Å². The van der Waals surface area contributed by atoms with Crippen molar-refractivity contribution in [2.75, 3.05) is 31.8 Å². The van der Waals surface area contributed by atoms with Gasteiger partial charge in [-0.3, -0.25) is 4.79 Å². The Balaban J connectivity index is 1.53. The minimum atomic E-state index is -3.71. The van der Waals surface area contributed by atoms with Crippen molar-refractivity contribution in [1.82, 2.24) is 14.7 Å².